The van der Waals surface area contributed by atoms with Crippen LogP contribution in [0.3, 0.4) is 0 Å². The van der Waals surface area contributed by atoms with Crippen molar-refractivity contribution in [2.75, 3.05) is 0 Å². The van der Waals surface area contributed by atoms with Crippen LogP contribution >= 0.6 is 22.6 Å². The van der Waals surface area contributed by atoms with Crippen molar-refractivity contribution in [1.29, 1.82) is 0 Å². The second kappa shape index (κ2) is 2.09. The zero-order valence-electron chi connectivity index (χ0n) is 5.26. The van der Waals surface area contributed by atoms with Crippen LogP contribution in [-0.2, 0) is 0 Å². The van der Waals surface area contributed by atoms with Gasteiger partial charge in [-0.3, -0.25) is 0 Å². The minimum absolute atomic E-state index is 0.0619. The van der Waals surface area contributed by atoms with E-state index in [0.29, 0.717) is 11.8 Å². The number of aliphatic hydroxyl groups excluding tert-OH is 1. The van der Waals surface area contributed by atoms with Crippen molar-refractivity contribution in [3.05, 3.63) is 0 Å². The molecule has 0 aliphatic heterocycles. The van der Waals surface area contributed by atoms with Crippen LogP contribution in [0.15, 0.2) is 0 Å². The van der Waals surface area contributed by atoms with E-state index in [4.69, 9.17) is 0 Å². The molecule has 2 saturated carbocycles. The zero-order valence-corrected chi connectivity index (χ0v) is 7.41. The molecule has 0 spiro atoms. The van der Waals surface area contributed by atoms with E-state index in [1.54, 1.807) is 0 Å². The molecule has 0 saturated heterocycles. The van der Waals surface area contributed by atoms with Gasteiger partial charge in [0.1, 0.15) is 0 Å². The van der Waals surface area contributed by atoms with E-state index in [-0.39, 0.29) is 6.10 Å². The molecule has 0 amide bonds. The molecule has 1 N–H and O–H groups in total. The summed E-state index contributed by atoms with van der Waals surface area (Å²) in [6.45, 7) is 0. The van der Waals surface area contributed by atoms with Crippen molar-refractivity contribution in [1.82, 2.24) is 0 Å². The van der Waals surface area contributed by atoms with Gasteiger partial charge in [0.15, 0.2) is 0 Å². The predicted octanol–water partition coefficient (Wildman–Crippen LogP) is 1.58. The Labute approximate surface area is 69.0 Å². The summed E-state index contributed by atoms with van der Waals surface area (Å²) in [6, 6.07) is 0. The first-order valence-corrected chi connectivity index (χ1v) is 4.86. The molecule has 2 bridgehead atoms. The van der Waals surface area contributed by atoms with Crippen LogP contribution in [0, 0.1) is 11.8 Å². The first-order valence-electron chi connectivity index (χ1n) is 3.61. The fraction of sp³-hybridized carbons (Fsp3) is 1.00. The molecule has 2 aliphatic rings. The van der Waals surface area contributed by atoms with Crippen LogP contribution in [0.5, 0.6) is 0 Å². The lowest BCUT2D eigenvalue weighted by atomic mass is 10.0. The summed E-state index contributed by atoms with van der Waals surface area (Å²) in [4.78, 5) is 0. The summed E-state index contributed by atoms with van der Waals surface area (Å²) >= 11 is 2.48. The van der Waals surface area contributed by atoms with E-state index in [0.717, 1.165) is 3.92 Å². The second-order valence-electron chi connectivity index (χ2n) is 3.24. The van der Waals surface area contributed by atoms with Crippen molar-refractivity contribution < 1.29 is 5.11 Å². The van der Waals surface area contributed by atoms with Crippen molar-refractivity contribution in [3.63, 3.8) is 0 Å². The Balaban J connectivity index is 2.16. The van der Waals surface area contributed by atoms with E-state index in [9.17, 15) is 5.11 Å². The molecule has 2 fully saturated rings. The van der Waals surface area contributed by atoms with Crippen molar-refractivity contribution >= 4 is 22.6 Å². The third kappa shape index (κ3) is 0.827. The first-order chi connectivity index (χ1) is 4.29. The Bertz CT molecular complexity index is 126. The van der Waals surface area contributed by atoms with E-state index in [1.165, 1.54) is 19.3 Å². The number of halogens is 1. The summed E-state index contributed by atoms with van der Waals surface area (Å²) < 4.78 is 0.774. The molecular weight excluding hydrogens is 227 g/mol. The summed E-state index contributed by atoms with van der Waals surface area (Å²) in [6.07, 6.45) is 3.89. The highest BCUT2D eigenvalue weighted by atomic mass is 127. The number of hydrogen-bond acceptors (Lipinski definition) is 1. The highest BCUT2D eigenvalue weighted by molar-refractivity contribution is 14.1. The molecule has 9 heavy (non-hydrogen) atoms. The minimum Gasteiger partial charge on any atom is -0.393 e. The Hall–Kier alpha value is 0.690. The van der Waals surface area contributed by atoms with Crippen molar-refractivity contribution in [2.45, 2.75) is 29.3 Å². The first kappa shape index (κ1) is 6.40. The van der Waals surface area contributed by atoms with Crippen LogP contribution < -0.4 is 0 Å². The number of hydrogen-bond donors (Lipinski definition) is 1. The van der Waals surface area contributed by atoms with Gasteiger partial charge in [0.05, 0.1) is 6.10 Å². The average molecular weight is 238 g/mol. The van der Waals surface area contributed by atoms with E-state index in [2.05, 4.69) is 22.6 Å². The quantitative estimate of drug-likeness (QED) is 0.501. The van der Waals surface area contributed by atoms with Crippen LogP contribution in [-0.4, -0.2) is 15.1 Å². The van der Waals surface area contributed by atoms with Gasteiger partial charge in [-0.05, 0) is 31.1 Å². The van der Waals surface area contributed by atoms with Gasteiger partial charge in [0.25, 0.3) is 0 Å². The second-order valence-corrected chi connectivity index (χ2v) is 4.84. The van der Waals surface area contributed by atoms with Gasteiger partial charge in [-0.15, -0.1) is 0 Å². The maximum atomic E-state index is 9.49. The van der Waals surface area contributed by atoms with Gasteiger partial charge in [0, 0.05) is 3.92 Å². The van der Waals surface area contributed by atoms with E-state index >= 15 is 0 Å². The molecule has 2 rings (SSSR count). The normalized spacial score (nSPS) is 56.7. The lowest BCUT2D eigenvalue weighted by Crippen LogP contribution is -2.14. The SMILES string of the molecule is O[C@@H]1[C@H]2CC[C@H]1[C@H](I)C2. The van der Waals surface area contributed by atoms with Crippen LogP contribution in [0.25, 0.3) is 0 Å². The maximum absolute atomic E-state index is 9.49. The van der Waals surface area contributed by atoms with Crippen LogP contribution in [0.2, 0.25) is 0 Å². The standard InChI is InChI=1S/C7H11IO/c8-6-3-4-1-2-5(6)7(4)9/h4-7,9H,1-3H2/t4-,5-,6+,7+/m0/s1. The van der Waals surface area contributed by atoms with Gasteiger partial charge >= 0.3 is 0 Å². The average Bonchev–Trinajstić information content (AvgIpc) is 2.25. The smallest absolute Gasteiger partial charge is 0.0606 e. The van der Waals surface area contributed by atoms with Crippen LogP contribution in [0.4, 0.5) is 0 Å². The maximum Gasteiger partial charge on any atom is 0.0606 e. The van der Waals surface area contributed by atoms with Gasteiger partial charge in [-0.2, -0.15) is 0 Å². The highest BCUT2D eigenvalue weighted by Gasteiger charge is 2.45. The van der Waals surface area contributed by atoms with Gasteiger partial charge in [-0.1, -0.05) is 22.6 Å². The molecule has 52 valence electrons. The van der Waals surface area contributed by atoms with E-state index in [1.807, 2.05) is 0 Å². The number of aliphatic hydroxyl groups is 1. The molecule has 0 unspecified atom stereocenters. The monoisotopic (exact) mass is 238 g/mol. The lowest BCUT2D eigenvalue weighted by Gasteiger charge is -2.13. The Morgan fingerprint density at radius 2 is 2.11 bits per heavy atom. The van der Waals surface area contributed by atoms with Gasteiger partial charge < -0.3 is 5.11 Å². The molecule has 0 aromatic heterocycles. The third-order valence-electron chi connectivity index (χ3n) is 2.78. The van der Waals surface area contributed by atoms with Gasteiger partial charge in [0.2, 0.25) is 0 Å². The fourth-order valence-corrected chi connectivity index (χ4v) is 3.65. The number of rotatable bonds is 0. The van der Waals surface area contributed by atoms with E-state index < -0.39 is 0 Å². The zero-order chi connectivity index (χ0) is 6.43. The molecule has 2 aliphatic carbocycles. The summed E-state index contributed by atoms with van der Waals surface area (Å²) in [5.74, 6) is 1.31. The van der Waals surface area contributed by atoms with Crippen LogP contribution in [0.1, 0.15) is 19.3 Å². The molecule has 0 radical (unpaired) electrons. The molecule has 0 aromatic carbocycles. The summed E-state index contributed by atoms with van der Waals surface area (Å²) in [5.41, 5.74) is 0. The lowest BCUT2D eigenvalue weighted by molar-refractivity contribution is 0.129. The molecule has 4 atom stereocenters. The molecule has 0 heterocycles. The molecule has 1 nitrogen and oxygen atoms in total. The minimum atomic E-state index is 0.0619. The fourth-order valence-electron chi connectivity index (χ4n) is 2.21. The Kier molecular flexibility index (Phi) is 1.49. The molecular formula is C7H11IO. The predicted molar refractivity (Wildman–Crippen MR) is 44.6 cm³/mol. The Morgan fingerprint density at radius 3 is 2.33 bits per heavy atom. The molecule has 0 aromatic rings. The summed E-state index contributed by atoms with van der Waals surface area (Å²) in [5, 5.41) is 9.49. The highest BCUT2D eigenvalue weighted by Crippen LogP contribution is 2.47. The number of alkyl halides is 1. The largest absolute Gasteiger partial charge is 0.393 e. The number of fused-ring (bicyclic) bond motifs is 2. The van der Waals surface area contributed by atoms with Crippen molar-refractivity contribution in [3.8, 4) is 0 Å². The molecule has 2 heteroatoms. The van der Waals surface area contributed by atoms with Crippen molar-refractivity contribution in [2.24, 2.45) is 11.8 Å². The topological polar surface area (TPSA) is 20.2 Å². The van der Waals surface area contributed by atoms with Gasteiger partial charge in [-0.25, -0.2) is 0 Å². The third-order valence-corrected chi connectivity index (χ3v) is 4.22. The Morgan fingerprint density at radius 1 is 1.33 bits per heavy atom. The summed E-state index contributed by atoms with van der Waals surface area (Å²) in [7, 11) is 0.